The second-order valence-electron chi connectivity index (χ2n) is 26.9. The van der Waals surface area contributed by atoms with E-state index in [1.165, 1.54) is 78.1 Å². The van der Waals surface area contributed by atoms with E-state index in [9.17, 15) is 22.7 Å². The molecule has 5 aromatic carbocycles. The van der Waals surface area contributed by atoms with Crippen LogP contribution in [-0.4, -0.2) is 155 Å². The van der Waals surface area contributed by atoms with Gasteiger partial charge in [0.2, 0.25) is 0 Å². The number of rotatable bonds is 29. The van der Waals surface area contributed by atoms with Gasteiger partial charge in [0.05, 0.1) is 87.3 Å². The van der Waals surface area contributed by atoms with Crippen LogP contribution in [-0.2, 0) is 38.9 Å². The smallest absolute Gasteiger partial charge is 0.417 e. The SMILES string of the molecule is CCCN(C)Cc1cn[nH]c1-c1ccc(C(C)O)cc1.CCCN(C)Cc1cn[nH]c1-c1ccc(C(F)(F)F)c(Cl)c1.CCCN(C)Cc1cn[nH]c1-c1ccc(C2CC2)cc1.CCCN(C)Cc1cn[nH]c1-c1ccc(Cl)c(F)c1.CCCN(C)Cc1cn[nH]c1-c1ccc(OC2CC2)cc1. The van der Waals surface area contributed by atoms with Gasteiger partial charge in [0.25, 0.3) is 0 Å². The van der Waals surface area contributed by atoms with Crippen molar-refractivity contribution in [3.63, 3.8) is 0 Å². The van der Waals surface area contributed by atoms with Crippen LogP contribution in [0.15, 0.2) is 140 Å². The van der Waals surface area contributed by atoms with Gasteiger partial charge in [-0.2, -0.15) is 38.7 Å². The summed E-state index contributed by atoms with van der Waals surface area (Å²) in [6, 6.07) is 33.8. The fourth-order valence-corrected chi connectivity index (χ4v) is 12.5. The Labute approximate surface area is 609 Å². The largest absolute Gasteiger partial charge is 0.490 e. The molecule has 2 aliphatic rings. The Kier molecular flexibility index (Phi) is 30.9. The van der Waals surface area contributed by atoms with Crippen LogP contribution in [0.5, 0.6) is 5.75 Å². The zero-order valence-electron chi connectivity index (χ0n) is 61.0. The zero-order valence-corrected chi connectivity index (χ0v) is 62.6. The summed E-state index contributed by atoms with van der Waals surface area (Å²) in [6.07, 6.45) is 15.5. The lowest BCUT2D eigenvalue weighted by molar-refractivity contribution is -0.137. The van der Waals surface area contributed by atoms with Crippen LogP contribution in [0.2, 0.25) is 10.0 Å². The summed E-state index contributed by atoms with van der Waals surface area (Å²) >= 11 is 11.5. The van der Waals surface area contributed by atoms with Crippen molar-refractivity contribution < 1.29 is 27.4 Å². The first-order chi connectivity index (χ1) is 49.1. The van der Waals surface area contributed by atoms with Crippen molar-refractivity contribution in [3.05, 3.63) is 201 Å². The summed E-state index contributed by atoms with van der Waals surface area (Å²) in [5.74, 6) is 1.37. The molecule has 5 heterocycles. The summed E-state index contributed by atoms with van der Waals surface area (Å²) in [7, 11) is 10.5. The van der Waals surface area contributed by atoms with Crippen LogP contribution in [0.25, 0.3) is 56.3 Å². The first-order valence-corrected chi connectivity index (χ1v) is 36.4. The van der Waals surface area contributed by atoms with E-state index in [1.807, 2.05) is 62.0 Å². The number of hydrogen-bond donors (Lipinski definition) is 6. The number of nitrogens with one attached hydrogen (secondary N) is 5. The van der Waals surface area contributed by atoms with E-state index in [1.54, 1.807) is 31.5 Å². The molecule has 17 nitrogen and oxygen atoms in total. The van der Waals surface area contributed by atoms with Crippen molar-refractivity contribution in [3.8, 4) is 62.0 Å². The number of halogens is 6. The maximum Gasteiger partial charge on any atom is 0.417 e. The Balaban J connectivity index is 0.000000162. The Hall–Kier alpha value is -7.99. The van der Waals surface area contributed by atoms with Crippen LogP contribution < -0.4 is 4.74 Å². The first-order valence-electron chi connectivity index (χ1n) is 35.6. The Morgan fingerprint density at radius 1 is 0.451 bits per heavy atom. The van der Waals surface area contributed by atoms with Crippen LogP contribution in [0.3, 0.4) is 0 Å². The van der Waals surface area contributed by atoms with E-state index in [4.69, 9.17) is 27.9 Å². The van der Waals surface area contributed by atoms with Crippen molar-refractivity contribution in [2.24, 2.45) is 0 Å². The highest BCUT2D eigenvalue weighted by molar-refractivity contribution is 6.31. The van der Waals surface area contributed by atoms with Gasteiger partial charge < -0.3 is 34.3 Å². The first kappa shape index (κ1) is 79.7. The maximum atomic E-state index is 13.5. The average molecular weight is 1440 g/mol. The van der Waals surface area contributed by atoms with Crippen molar-refractivity contribution in [1.29, 1.82) is 0 Å². The van der Waals surface area contributed by atoms with Crippen molar-refractivity contribution in [1.82, 2.24) is 75.5 Å². The number of aliphatic hydroxyl groups excluding tert-OH is 1. The lowest BCUT2D eigenvalue weighted by Crippen LogP contribution is -2.18. The van der Waals surface area contributed by atoms with Crippen LogP contribution >= 0.6 is 23.2 Å². The van der Waals surface area contributed by atoms with Crippen molar-refractivity contribution in [2.45, 2.75) is 156 Å². The molecule has 5 aromatic heterocycles. The summed E-state index contributed by atoms with van der Waals surface area (Å²) in [4.78, 5) is 11.3. The number of nitrogens with zero attached hydrogens (tertiary/aromatic N) is 10. The molecule has 0 bridgehead atoms. The van der Waals surface area contributed by atoms with E-state index in [0.717, 1.165) is 158 Å². The monoisotopic (exact) mass is 1440 g/mol. The summed E-state index contributed by atoms with van der Waals surface area (Å²) in [5.41, 5.74) is 17.0. The molecule has 0 spiro atoms. The molecule has 1 atom stereocenters. The van der Waals surface area contributed by atoms with E-state index in [0.29, 0.717) is 23.9 Å². The molecule has 102 heavy (non-hydrogen) atoms. The topological polar surface area (TPSA) is 189 Å². The number of aromatic amines is 5. The predicted octanol–water partition coefficient (Wildman–Crippen LogP) is 18.5. The van der Waals surface area contributed by atoms with Gasteiger partial charge >= 0.3 is 6.18 Å². The highest BCUT2D eigenvalue weighted by Gasteiger charge is 2.33. The molecule has 10 aromatic rings. The molecule has 0 radical (unpaired) electrons. The van der Waals surface area contributed by atoms with Gasteiger partial charge in [0, 0.05) is 77.2 Å². The summed E-state index contributed by atoms with van der Waals surface area (Å²) < 4.78 is 57.5. The number of ether oxygens (including phenoxy) is 1. The number of aromatic nitrogens is 10. The molecule has 548 valence electrons. The number of hydrogen-bond acceptors (Lipinski definition) is 12. The van der Waals surface area contributed by atoms with Gasteiger partial charge in [-0.1, -0.05) is 118 Å². The van der Waals surface area contributed by atoms with E-state index >= 15 is 0 Å². The highest BCUT2D eigenvalue weighted by atomic mass is 35.5. The van der Waals surface area contributed by atoms with Gasteiger partial charge in [-0.05, 0) is 209 Å². The van der Waals surface area contributed by atoms with Gasteiger partial charge in [-0.15, -0.1) is 0 Å². The molecule has 0 amide bonds. The third-order valence-electron chi connectivity index (χ3n) is 17.5. The second kappa shape index (κ2) is 39.6. The maximum absolute atomic E-state index is 13.5. The molecular formula is C79H103Cl2F4N15O2. The molecule has 0 saturated heterocycles. The Morgan fingerprint density at radius 3 is 1.09 bits per heavy atom. The number of benzene rings is 5. The fourth-order valence-electron chi connectivity index (χ4n) is 12.1. The number of aliphatic hydroxyl groups is 1. The molecular weight excluding hydrogens is 1340 g/mol. The lowest BCUT2D eigenvalue weighted by Gasteiger charge is -2.15. The zero-order chi connectivity index (χ0) is 73.3. The normalized spacial score (nSPS) is 13.2. The van der Waals surface area contributed by atoms with Crippen molar-refractivity contribution in [2.75, 3.05) is 68.0 Å². The third-order valence-corrected chi connectivity index (χ3v) is 18.1. The van der Waals surface area contributed by atoms with Crippen LogP contribution in [0.1, 0.15) is 156 Å². The van der Waals surface area contributed by atoms with E-state index in [2.05, 4.69) is 175 Å². The van der Waals surface area contributed by atoms with Gasteiger partial charge in [-0.3, -0.25) is 25.5 Å². The minimum absolute atomic E-state index is 0.132. The average Bonchev–Trinajstić information content (AvgIpc) is 1.34. The molecule has 23 heteroatoms. The van der Waals surface area contributed by atoms with Gasteiger partial charge in [-0.25, -0.2) is 4.39 Å². The summed E-state index contributed by atoms with van der Waals surface area (Å²) in [5, 5.41) is 45.2. The van der Waals surface area contributed by atoms with Gasteiger partial charge in [0.15, 0.2) is 0 Å². The standard InChI is InChI=1S/C17H23N3O.C17H23N3.C16H23N3O.C15H17ClF3N3.C14H17ClFN3/c1-3-10-20(2)12-14-11-18-19-17(14)13-4-6-15(7-5-13)21-16-8-9-16;1-3-10-20(2)12-16-11-18-19-17(16)15-8-6-14(7-9-15)13-4-5-13;1-4-9-19(3)11-15-10-17-18-16(15)14-7-5-13(6-8-14)12(2)20;1-3-6-22(2)9-11-8-20-21-14(11)10-4-5-12(13(16)7-10)15(17,18)19;1-3-6-19(2)9-11-8-17-18-14(11)10-4-5-12(15)13(16)7-10/h4-7,11,16H,3,8-10,12H2,1-2H3,(H,18,19);6-9,11,13H,3-5,10,12H2,1-2H3,(H,18,19);5-8,10,12,20H,4,9,11H2,1-3H3,(H,17,18);4-5,7-8H,3,6,9H2,1-2H3,(H,20,21);4-5,7-8H,3,6,9H2,1-2H3,(H,17,18). The minimum Gasteiger partial charge on any atom is -0.490 e. The molecule has 2 aliphatic carbocycles. The quantitative estimate of drug-likeness (QED) is 0.0244. The summed E-state index contributed by atoms with van der Waals surface area (Å²) in [6.45, 7) is 22.0. The van der Waals surface area contributed by atoms with E-state index < -0.39 is 23.7 Å². The molecule has 2 saturated carbocycles. The van der Waals surface area contributed by atoms with Crippen molar-refractivity contribution >= 4 is 23.2 Å². The highest BCUT2D eigenvalue weighted by Crippen LogP contribution is 2.41. The second-order valence-corrected chi connectivity index (χ2v) is 27.7. The minimum atomic E-state index is -4.45. The number of alkyl halides is 3. The lowest BCUT2D eigenvalue weighted by atomic mass is 10.0. The third kappa shape index (κ3) is 24.3. The van der Waals surface area contributed by atoms with Crippen LogP contribution in [0.4, 0.5) is 17.6 Å². The van der Waals surface area contributed by atoms with Crippen LogP contribution in [0, 0.1) is 5.82 Å². The Morgan fingerprint density at radius 2 is 0.775 bits per heavy atom. The molecule has 0 aliphatic heterocycles. The number of H-pyrrole nitrogens is 5. The molecule has 6 N–H and O–H groups in total. The molecule has 1 unspecified atom stereocenters. The predicted molar refractivity (Wildman–Crippen MR) is 404 cm³/mol. The fraction of sp³-hybridized carbons (Fsp3) is 0.430. The molecule has 12 rings (SSSR count). The van der Waals surface area contributed by atoms with Gasteiger partial charge in [0.1, 0.15) is 11.6 Å². The van der Waals surface area contributed by atoms with E-state index in [-0.39, 0.29) is 10.0 Å². The molecule has 2 fully saturated rings. The Bertz CT molecular complexity index is 3970.